The molecule has 0 radical (unpaired) electrons. The Labute approximate surface area is 128 Å². The van der Waals surface area contributed by atoms with E-state index in [1.807, 2.05) is 0 Å². The van der Waals surface area contributed by atoms with E-state index in [0.29, 0.717) is 23.1 Å². The summed E-state index contributed by atoms with van der Waals surface area (Å²) in [7, 11) is 0. The molecule has 3 saturated heterocycles. The van der Waals surface area contributed by atoms with Crippen molar-refractivity contribution in [3.8, 4) is 17.1 Å². The number of benzene rings is 1. The van der Waals surface area contributed by atoms with Crippen molar-refractivity contribution in [2.45, 2.75) is 18.9 Å². The van der Waals surface area contributed by atoms with E-state index >= 15 is 0 Å². The van der Waals surface area contributed by atoms with Crippen molar-refractivity contribution < 1.29 is 9.13 Å². The summed E-state index contributed by atoms with van der Waals surface area (Å²) in [6, 6.07) is 10.1. The van der Waals surface area contributed by atoms with Crippen molar-refractivity contribution >= 4 is 0 Å². The highest BCUT2D eigenvalue weighted by Gasteiger charge is 2.35. The van der Waals surface area contributed by atoms with Gasteiger partial charge in [0, 0.05) is 18.2 Å². The average molecular weight is 299 g/mol. The van der Waals surface area contributed by atoms with E-state index in [4.69, 9.17) is 4.74 Å². The lowest BCUT2D eigenvalue weighted by molar-refractivity contribution is -0.0103. The minimum atomic E-state index is -0.289. The van der Waals surface area contributed by atoms with E-state index in [2.05, 4.69) is 15.1 Å². The third kappa shape index (κ3) is 2.57. The van der Waals surface area contributed by atoms with Crippen molar-refractivity contribution in [3.05, 3.63) is 42.2 Å². The predicted octanol–water partition coefficient (Wildman–Crippen LogP) is 2.76. The number of aromatic nitrogens is 2. The fraction of sp³-hybridized carbons (Fsp3) is 0.412. The van der Waals surface area contributed by atoms with Crippen LogP contribution in [0.5, 0.6) is 5.88 Å². The minimum absolute atomic E-state index is 0.205. The fourth-order valence-electron chi connectivity index (χ4n) is 3.39. The molecule has 0 saturated carbocycles. The third-order valence-corrected chi connectivity index (χ3v) is 4.66. The molecule has 0 aliphatic carbocycles. The van der Waals surface area contributed by atoms with Gasteiger partial charge in [0.2, 0.25) is 5.88 Å². The van der Waals surface area contributed by atoms with Crippen LogP contribution in [0.2, 0.25) is 0 Å². The average Bonchev–Trinajstić information content (AvgIpc) is 2.57. The van der Waals surface area contributed by atoms with Gasteiger partial charge >= 0.3 is 0 Å². The van der Waals surface area contributed by atoms with E-state index in [9.17, 15) is 4.39 Å². The monoisotopic (exact) mass is 299 g/mol. The molecule has 4 heterocycles. The van der Waals surface area contributed by atoms with E-state index in [1.54, 1.807) is 30.3 Å². The van der Waals surface area contributed by atoms with Gasteiger partial charge in [0.15, 0.2) is 0 Å². The van der Waals surface area contributed by atoms with Crippen LogP contribution >= 0.6 is 0 Å². The van der Waals surface area contributed by atoms with Gasteiger partial charge in [-0.25, -0.2) is 4.39 Å². The molecular formula is C17H18FN3O. The summed E-state index contributed by atoms with van der Waals surface area (Å²) >= 11 is 0. The van der Waals surface area contributed by atoms with Gasteiger partial charge in [-0.2, -0.15) is 0 Å². The highest BCUT2D eigenvalue weighted by Crippen LogP contribution is 2.30. The first kappa shape index (κ1) is 13.6. The maximum Gasteiger partial charge on any atom is 0.233 e. The Morgan fingerprint density at radius 1 is 1.05 bits per heavy atom. The summed E-state index contributed by atoms with van der Waals surface area (Å²) in [4.78, 5) is 2.44. The SMILES string of the molecule is Fc1ccccc1-c1ccc(O[C@H]2CN3CCC2CC3)nn1. The quantitative estimate of drug-likeness (QED) is 0.873. The number of nitrogens with zero attached hydrogens (tertiary/aromatic N) is 3. The van der Waals surface area contributed by atoms with Gasteiger partial charge in [0.05, 0.1) is 5.69 Å². The number of ether oxygens (including phenoxy) is 1. The number of halogens is 1. The molecule has 0 N–H and O–H groups in total. The minimum Gasteiger partial charge on any atom is -0.472 e. The van der Waals surface area contributed by atoms with Crippen LogP contribution in [0.1, 0.15) is 12.8 Å². The van der Waals surface area contributed by atoms with Crippen LogP contribution in [0.4, 0.5) is 4.39 Å². The first-order valence-electron chi connectivity index (χ1n) is 7.77. The number of hydrogen-bond donors (Lipinski definition) is 0. The molecule has 114 valence electrons. The third-order valence-electron chi connectivity index (χ3n) is 4.66. The topological polar surface area (TPSA) is 38.2 Å². The molecule has 2 bridgehead atoms. The molecule has 5 heteroatoms. The first-order valence-corrected chi connectivity index (χ1v) is 7.77. The molecule has 3 aliphatic heterocycles. The lowest BCUT2D eigenvalue weighted by Gasteiger charge is -2.44. The van der Waals surface area contributed by atoms with Gasteiger partial charge in [-0.05, 0) is 50.0 Å². The standard InChI is InChI=1S/C17H18FN3O/c18-14-4-2-1-3-13(14)15-5-6-17(20-19-15)22-16-11-21-9-7-12(16)8-10-21/h1-6,12,16H,7-11H2/t16-/m0/s1. The van der Waals surface area contributed by atoms with E-state index in [0.717, 1.165) is 6.54 Å². The van der Waals surface area contributed by atoms with Crippen LogP contribution in [0.3, 0.4) is 0 Å². The van der Waals surface area contributed by atoms with E-state index in [-0.39, 0.29) is 11.9 Å². The number of hydrogen-bond acceptors (Lipinski definition) is 4. The second-order valence-corrected chi connectivity index (χ2v) is 6.03. The Bertz CT molecular complexity index is 653. The summed E-state index contributed by atoms with van der Waals surface area (Å²) in [6.45, 7) is 3.34. The van der Waals surface area contributed by atoms with Gasteiger partial charge in [-0.15, -0.1) is 10.2 Å². The van der Waals surface area contributed by atoms with Crippen molar-refractivity contribution in [2.24, 2.45) is 5.92 Å². The van der Waals surface area contributed by atoms with Crippen LogP contribution in [-0.4, -0.2) is 40.8 Å². The molecule has 5 rings (SSSR count). The molecule has 4 nitrogen and oxygen atoms in total. The Hall–Kier alpha value is -2.01. The Balaban J connectivity index is 1.49. The van der Waals surface area contributed by atoms with Gasteiger partial charge in [-0.3, -0.25) is 4.90 Å². The van der Waals surface area contributed by atoms with Gasteiger partial charge in [0.25, 0.3) is 0 Å². The molecule has 0 unspecified atom stereocenters. The van der Waals surface area contributed by atoms with Crippen LogP contribution in [0, 0.1) is 11.7 Å². The van der Waals surface area contributed by atoms with Crippen molar-refractivity contribution in [3.63, 3.8) is 0 Å². The Morgan fingerprint density at radius 3 is 2.50 bits per heavy atom. The normalized spacial score (nSPS) is 26.9. The van der Waals surface area contributed by atoms with Gasteiger partial charge < -0.3 is 4.74 Å². The lowest BCUT2D eigenvalue weighted by Crippen LogP contribution is -2.52. The molecule has 0 spiro atoms. The zero-order valence-corrected chi connectivity index (χ0v) is 12.3. The number of fused-ring (bicyclic) bond motifs is 3. The van der Waals surface area contributed by atoms with E-state index < -0.39 is 0 Å². The molecule has 1 atom stereocenters. The summed E-state index contributed by atoms with van der Waals surface area (Å²) in [6.07, 6.45) is 2.60. The maximum atomic E-state index is 13.7. The van der Waals surface area contributed by atoms with Crippen molar-refractivity contribution in [1.82, 2.24) is 15.1 Å². The zero-order chi connectivity index (χ0) is 14.9. The molecular weight excluding hydrogens is 281 g/mol. The van der Waals surface area contributed by atoms with Crippen molar-refractivity contribution in [2.75, 3.05) is 19.6 Å². The largest absolute Gasteiger partial charge is 0.472 e. The first-order chi connectivity index (χ1) is 10.8. The molecule has 0 amide bonds. The molecule has 1 aromatic heterocycles. The van der Waals surface area contributed by atoms with Crippen LogP contribution < -0.4 is 4.74 Å². The van der Waals surface area contributed by atoms with Crippen LogP contribution in [0.15, 0.2) is 36.4 Å². The summed E-state index contributed by atoms with van der Waals surface area (Å²) in [5.41, 5.74) is 0.990. The number of piperidine rings is 3. The second kappa shape index (κ2) is 5.65. The van der Waals surface area contributed by atoms with Crippen LogP contribution in [0.25, 0.3) is 11.3 Å². The van der Waals surface area contributed by atoms with Gasteiger partial charge in [0.1, 0.15) is 11.9 Å². The fourth-order valence-corrected chi connectivity index (χ4v) is 3.39. The molecule has 2 aromatic rings. The Kier molecular flexibility index (Phi) is 3.50. The van der Waals surface area contributed by atoms with Crippen LogP contribution in [-0.2, 0) is 0 Å². The lowest BCUT2D eigenvalue weighted by atomic mass is 9.86. The summed E-state index contributed by atoms with van der Waals surface area (Å²) < 4.78 is 19.7. The van der Waals surface area contributed by atoms with Gasteiger partial charge in [-0.1, -0.05) is 12.1 Å². The Morgan fingerprint density at radius 2 is 1.86 bits per heavy atom. The maximum absolute atomic E-state index is 13.7. The second-order valence-electron chi connectivity index (χ2n) is 6.03. The number of rotatable bonds is 3. The molecule has 22 heavy (non-hydrogen) atoms. The smallest absolute Gasteiger partial charge is 0.233 e. The predicted molar refractivity (Wildman–Crippen MR) is 81.0 cm³/mol. The molecule has 1 aromatic carbocycles. The summed E-state index contributed by atoms with van der Waals surface area (Å²) in [5, 5.41) is 8.23. The molecule has 3 fully saturated rings. The highest BCUT2D eigenvalue weighted by molar-refractivity contribution is 5.59. The molecule has 3 aliphatic rings. The van der Waals surface area contributed by atoms with Crippen molar-refractivity contribution in [1.29, 1.82) is 0 Å². The summed E-state index contributed by atoms with van der Waals surface area (Å²) in [5.74, 6) is 0.861. The zero-order valence-electron chi connectivity index (χ0n) is 12.3. The van der Waals surface area contributed by atoms with E-state index in [1.165, 1.54) is 32.0 Å². The highest BCUT2D eigenvalue weighted by atomic mass is 19.1.